The molecule has 2 aromatic rings. The third kappa shape index (κ3) is 1.51. The Labute approximate surface area is 90.7 Å². The molecule has 2 rings (SSSR count). The molecular formula is C7H3I2NO. The molecule has 0 radical (unpaired) electrons. The Balaban J connectivity index is 2.82. The van der Waals surface area contributed by atoms with Crippen LogP contribution < -0.4 is 0 Å². The van der Waals surface area contributed by atoms with Gasteiger partial charge in [-0.3, -0.25) is 0 Å². The van der Waals surface area contributed by atoms with Gasteiger partial charge in [-0.2, -0.15) is 0 Å². The van der Waals surface area contributed by atoms with Crippen molar-refractivity contribution in [3.63, 3.8) is 0 Å². The summed E-state index contributed by atoms with van der Waals surface area (Å²) < 4.78 is 7.17. The van der Waals surface area contributed by atoms with Gasteiger partial charge >= 0.3 is 0 Å². The SMILES string of the molecule is Ic1ccc2oc(I)nc2c1. The first-order valence-electron chi connectivity index (χ1n) is 2.97. The molecule has 0 aliphatic carbocycles. The molecule has 0 bridgehead atoms. The van der Waals surface area contributed by atoms with Crippen LogP contribution in [0.4, 0.5) is 0 Å². The molecule has 4 heteroatoms. The van der Waals surface area contributed by atoms with Crippen LogP contribution in [0.1, 0.15) is 0 Å². The van der Waals surface area contributed by atoms with E-state index in [2.05, 4.69) is 50.2 Å². The lowest BCUT2D eigenvalue weighted by atomic mass is 10.3. The summed E-state index contributed by atoms with van der Waals surface area (Å²) in [4.78, 5) is 4.19. The molecule has 1 aromatic carbocycles. The second kappa shape index (κ2) is 2.89. The van der Waals surface area contributed by atoms with Crippen LogP contribution in [0.25, 0.3) is 11.1 Å². The van der Waals surface area contributed by atoms with Crippen molar-refractivity contribution in [1.29, 1.82) is 0 Å². The number of nitrogens with zero attached hydrogens (tertiary/aromatic N) is 1. The Morgan fingerprint density at radius 3 is 2.91 bits per heavy atom. The molecule has 1 heterocycles. The molecular weight excluding hydrogens is 368 g/mol. The van der Waals surface area contributed by atoms with Gasteiger partial charge in [0.2, 0.25) is 0 Å². The van der Waals surface area contributed by atoms with Gasteiger partial charge in [0.25, 0.3) is 3.90 Å². The summed E-state index contributed by atoms with van der Waals surface area (Å²) in [6.45, 7) is 0. The number of halogens is 2. The molecule has 0 unspecified atom stereocenters. The Morgan fingerprint density at radius 2 is 2.09 bits per heavy atom. The minimum absolute atomic E-state index is 0.694. The molecule has 0 N–H and O–H groups in total. The van der Waals surface area contributed by atoms with Crippen LogP contribution in [0.3, 0.4) is 0 Å². The average molecular weight is 371 g/mol. The smallest absolute Gasteiger partial charge is 0.258 e. The van der Waals surface area contributed by atoms with Crippen LogP contribution in [0, 0.1) is 7.47 Å². The van der Waals surface area contributed by atoms with Gasteiger partial charge in [0, 0.05) is 26.2 Å². The van der Waals surface area contributed by atoms with Crippen molar-refractivity contribution in [1.82, 2.24) is 4.98 Å². The van der Waals surface area contributed by atoms with E-state index in [9.17, 15) is 0 Å². The maximum atomic E-state index is 5.30. The Bertz CT molecular complexity index is 396. The quantitative estimate of drug-likeness (QED) is 0.666. The summed E-state index contributed by atoms with van der Waals surface area (Å²) in [7, 11) is 0. The van der Waals surface area contributed by atoms with Crippen LogP contribution in [0.5, 0.6) is 0 Å². The molecule has 0 aliphatic heterocycles. The van der Waals surface area contributed by atoms with E-state index in [1.54, 1.807) is 0 Å². The van der Waals surface area contributed by atoms with Gasteiger partial charge in [0.05, 0.1) is 0 Å². The first-order valence-corrected chi connectivity index (χ1v) is 5.13. The molecule has 0 saturated heterocycles. The van der Waals surface area contributed by atoms with Crippen LogP contribution in [0.2, 0.25) is 0 Å². The van der Waals surface area contributed by atoms with E-state index in [0.717, 1.165) is 11.1 Å². The molecule has 0 aliphatic rings. The monoisotopic (exact) mass is 371 g/mol. The Kier molecular flexibility index (Phi) is 2.04. The lowest BCUT2D eigenvalue weighted by Gasteiger charge is -1.85. The van der Waals surface area contributed by atoms with E-state index in [-0.39, 0.29) is 0 Å². The topological polar surface area (TPSA) is 26.0 Å². The maximum Gasteiger partial charge on any atom is 0.258 e. The predicted octanol–water partition coefficient (Wildman–Crippen LogP) is 3.04. The predicted molar refractivity (Wildman–Crippen MR) is 59.4 cm³/mol. The number of fused-ring (bicyclic) bond motifs is 1. The van der Waals surface area contributed by atoms with E-state index in [4.69, 9.17) is 4.42 Å². The van der Waals surface area contributed by atoms with Crippen LogP contribution >= 0.6 is 45.2 Å². The van der Waals surface area contributed by atoms with Gasteiger partial charge in [0.15, 0.2) is 5.58 Å². The van der Waals surface area contributed by atoms with E-state index in [1.807, 2.05) is 18.2 Å². The largest absolute Gasteiger partial charge is 0.432 e. The van der Waals surface area contributed by atoms with Crippen LogP contribution in [-0.4, -0.2) is 4.98 Å². The van der Waals surface area contributed by atoms with Gasteiger partial charge in [-0.15, -0.1) is 0 Å². The fraction of sp³-hybridized carbons (Fsp3) is 0. The number of rotatable bonds is 0. The third-order valence-corrected chi connectivity index (χ3v) is 2.46. The zero-order chi connectivity index (χ0) is 7.84. The molecule has 1 aromatic heterocycles. The number of aromatic nitrogens is 1. The fourth-order valence-electron chi connectivity index (χ4n) is 0.872. The minimum atomic E-state index is 0.694. The highest BCUT2D eigenvalue weighted by atomic mass is 127. The second-order valence-corrected chi connectivity index (χ2v) is 4.25. The standard InChI is InChI=1S/C7H3I2NO/c8-4-1-2-6-5(3-4)10-7(9)11-6/h1-3H. The van der Waals surface area contributed by atoms with Crippen molar-refractivity contribution in [2.24, 2.45) is 0 Å². The summed E-state index contributed by atoms with van der Waals surface area (Å²) in [5.41, 5.74) is 1.79. The van der Waals surface area contributed by atoms with E-state index < -0.39 is 0 Å². The zero-order valence-electron chi connectivity index (χ0n) is 5.34. The van der Waals surface area contributed by atoms with Crippen molar-refractivity contribution in [3.05, 3.63) is 25.7 Å². The highest BCUT2D eigenvalue weighted by molar-refractivity contribution is 14.1. The molecule has 0 fully saturated rings. The van der Waals surface area contributed by atoms with Crippen molar-refractivity contribution in [2.75, 3.05) is 0 Å². The second-order valence-electron chi connectivity index (χ2n) is 2.08. The number of oxazole rings is 1. The first kappa shape index (κ1) is 7.78. The van der Waals surface area contributed by atoms with Crippen molar-refractivity contribution >= 4 is 56.3 Å². The highest BCUT2D eigenvalue weighted by Crippen LogP contribution is 2.18. The molecule has 0 amide bonds. The average Bonchev–Trinajstić information content (AvgIpc) is 2.27. The zero-order valence-corrected chi connectivity index (χ0v) is 9.66. The third-order valence-electron chi connectivity index (χ3n) is 1.32. The summed E-state index contributed by atoms with van der Waals surface area (Å²) in [5, 5.41) is 0. The lowest BCUT2D eigenvalue weighted by Crippen LogP contribution is -1.70. The van der Waals surface area contributed by atoms with Crippen LogP contribution in [0.15, 0.2) is 22.6 Å². The molecule has 0 atom stereocenters. The van der Waals surface area contributed by atoms with Crippen molar-refractivity contribution in [3.8, 4) is 0 Å². The number of benzene rings is 1. The highest BCUT2D eigenvalue weighted by Gasteiger charge is 2.01. The normalized spacial score (nSPS) is 10.7. The first-order chi connectivity index (χ1) is 5.25. The molecule has 11 heavy (non-hydrogen) atoms. The summed E-state index contributed by atoms with van der Waals surface area (Å²) in [6, 6.07) is 5.94. The maximum absolute atomic E-state index is 5.30. The van der Waals surface area contributed by atoms with E-state index in [0.29, 0.717) is 3.90 Å². The van der Waals surface area contributed by atoms with E-state index >= 15 is 0 Å². The van der Waals surface area contributed by atoms with Crippen LogP contribution in [-0.2, 0) is 0 Å². The molecule has 2 nitrogen and oxygen atoms in total. The van der Waals surface area contributed by atoms with Gasteiger partial charge in [-0.05, 0) is 40.8 Å². The lowest BCUT2D eigenvalue weighted by molar-refractivity contribution is 0.566. The van der Waals surface area contributed by atoms with Gasteiger partial charge in [-0.25, -0.2) is 4.98 Å². The molecule has 56 valence electrons. The Morgan fingerprint density at radius 1 is 1.27 bits per heavy atom. The van der Waals surface area contributed by atoms with Crippen molar-refractivity contribution < 1.29 is 4.42 Å². The number of hydrogen-bond donors (Lipinski definition) is 0. The van der Waals surface area contributed by atoms with E-state index in [1.165, 1.54) is 3.57 Å². The minimum Gasteiger partial charge on any atom is -0.432 e. The number of hydrogen-bond acceptors (Lipinski definition) is 2. The van der Waals surface area contributed by atoms with Gasteiger partial charge < -0.3 is 4.42 Å². The summed E-state index contributed by atoms with van der Waals surface area (Å²) in [5.74, 6) is 0. The molecule has 0 spiro atoms. The summed E-state index contributed by atoms with van der Waals surface area (Å²) in [6.07, 6.45) is 0. The van der Waals surface area contributed by atoms with Gasteiger partial charge in [-0.1, -0.05) is 0 Å². The van der Waals surface area contributed by atoms with Crippen molar-refractivity contribution in [2.45, 2.75) is 0 Å². The fourth-order valence-corrected chi connectivity index (χ4v) is 1.84. The van der Waals surface area contributed by atoms with Gasteiger partial charge in [0.1, 0.15) is 5.52 Å². The summed E-state index contributed by atoms with van der Waals surface area (Å²) >= 11 is 4.32. The Hall–Kier alpha value is 0.150. The molecule has 0 saturated carbocycles.